The second kappa shape index (κ2) is 5.19. The van der Waals surface area contributed by atoms with Crippen molar-refractivity contribution in [1.29, 1.82) is 0 Å². The Morgan fingerprint density at radius 2 is 1.53 bits per heavy atom. The smallest absolute Gasteiger partial charge is 0.0120 e. The largest absolute Gasteiger partial charge is 0.317 e. The van der Waals surface area contributed by atoms with Crippen LogP contribution < -0.4 is 5.32 Å². The van der Waals surface area contributed by atoms with E-state index in [9.17, 15) is 0 Å². The summed E-state index contributed by atoms with van der Waals surface area (Å²) in [5.74, 6) is 0. The Morgan fingerprint density at radius 3 is 2.12 bits per heavy atom. The Labute approximate surface area is 104 Å². The van der Waals surface area contributed by atoms with Crippen LogP contribution in [0.3, 0.4) is 0 Å². The third-order valence-electron chi connectivity index (χ3n) is 4.28. The SMILES string of the molecule is c1ccc2c(c1)CCN(C1CCNCC1)CC2. The minimum atomic E-state index is 0.825. The molecule has 1 aromatic rings. The number of fused-ring (bicyclic) bond motifs is 1. The van der Waals surface area contributed by atoms with Crippen LogP contribution in [0.15, 0.2) is 24.3 Å². The first-order valence-electron chi connectivity index (χ1n) is 6.95. The van der Waals surface area contributed by atoms with Gasteiger partial charge in [0, 0.05) is 19.1 Å². The van der Waals surface area contributed by atoms with E-state index in [4.69, 9.17) is 0 Å². The highest BCUT2D eigenvalue weighted by atomic mass is 15.2. The summed E-state index contributed by atoms with van der Waals surface area (Å²) in [6.45, 7) is 4.91. The first-order valence-corrected chi connectivity index (χ1v) is 6.95. The lowest BCUT2D eigenvalue weighted by Gasteiger charge is -2.33. The minimum Gasteiger partial charge on any atom is -0.317 e. The summed E-state index contributed by atoms with van der Waals surface area (Å²) in [4.78, 5) is 2.72. The molecule has 2 aliphatic heterocycles. The van der Waals surface area contributed by atoms with Gasteiger partial charge in [0.05, 0.1) is 0 Å². The standard InChI is InChI=1S/C15H22N2/c1-2-4-14-8-12-17(11-7-13(14)3-1)15-5-9-16-10-6-15/h1-4,15-16H,5-12H2. The third kappa shape index (κ3) is 2.53. The van der Waals surface area contributed by atoms with Crippen LogP contribution in [0.25, 0.3) is 0 Å². The highest BCUT2D eigenvalue weighted by molar-refractivity contribution is 5.28. The Kier molecular flexibility index (Phi) is 3.44. The summed E-state index contributed by atoms with van der Waals surface area (Å²) in [7, 11) is 0. The molecule has 3 rings (SSSR count). The van der Waals surface area contributed by atoms with Gasteiger partial charge in [-0.05, 0) is 49.9 Å². The van der Waals surface area contributed by atoms with Gasteiger partial charge in [0.15, 0.2) is 0 Å². The van der Waals surface area contributed by atoms with Gasteiger partial charge in [0.1, 0.15) is 0 Å². The fourth-order valence-corrected chi connectivity index (χ4v) is 3.22. The molecule has 17 heavy (non-hydrogen) atoms. The number of rotatable bonds is 1. The van der Waals surface area contributed by atoms with Gasteiger partial charge in [-0.25, -0.2) is 0 Å². The van der Waals surface area contributed by atoms with E-state index >= 15 is 0 Å². The lowest BCUT2D eigenvalue weighted by Crippen LogP contribution is -2.44. The summed E-state index contributed by atoms with van der Waals surface area (Å²) >= 11 is 0. The molecule has 0 radical (unpaired) electrons. The van der Waals surface area contributed by atoms with E-state index < -0.39 is 0 Å². The molecular formula is C15H22N2. The zero-order chi connectivity index (χ0) is 11.5. The summed E-state index contributed by atoms with van der Waals surface area (Å²) in [6.07, 6.45) is 5.13. The molecule has 2 heteroatoms. The number of nitrogens with one attached hydrogen (secondary N) is 1. The van der Waals surface area contributed by atoms with Crippen LogP contribution in [0.2, 0.25) is 0 Å². The molecule has 0 aliphatic carbocycles. The Bertz CT molecular complexity index is 342. The van der Waals surface area contributed by atoms with E-state index in [1.54, 1.807) is 11.1 Å². The maximum Gasteiger partial charge on any atom is 0.0120 e. The Balaban J connectivity index is 1.68. The van der Waals surface area contributed by atoms with Crippen molar-refractivity contribution < 1.29 is 0 Å². The van der Waals surface area contributed by atoms with Crippen molar-refractivity contribution in [2.75, 3.05) is 26.2 Å². The monoisotopic (exact) mass is 230 g/mol. The molecule has 0 spiro atoms. The number of hydrogen-bond acceptors (Lipinski definition) is 2. The van der Waals surface area contributed by atoms with Crippen LogP contribution in [-0.2, 0) is 12.8 Å². The van der Waals surface area contributed by atoms with Gasteiger partial charge in [-0.3, -0.25) is 4.90 Å². The molecule has 0 atom stereocenters. The van der Waals surface area contributed by atoms with Crippen LogP contribution in [-0.4, -0.2) is 37.1 Å². The van der Waals surface area contributed by atoms with Gasteiger partial charge in [0.2, 0.25) is 0 Å². The molecule has 0 saturated carbocycles. The van der Waals surface area contributed by atoms with Gasteiger partial charge in [-0.1, -0.05) is 24.3 Å². The summed E-state index contributed by atoms with van der Waals surface area (Å²) in [5, 5.41) is 3.46. The maximum absolute atomic E-state index is 3.46. The number of hydrogen-bond donors (Lipinski definition) is 1. The van der Waals surface area contributed by atoms with E-state index in [-0.39, 0.29) is 0 Å². The molecule has 1 fully saturated rings. The Hall–Kier alpha value is -0.860. The second-order valence-electron chi connectivity index (χ2n) is 5.29. The first kappa shape index (κ1) is 11.2. The van der Waals surface area contributed by atoms with Gasteiger partial charge in [0.25, 0.3) is 0 Å². The molecule has 92 valence electrons. The highest BCUT2D eigenvalue weighted by Gasteiger charge is 2.22. The van der Waals surface area contributed by atoms with Crippen molar-refractivity contribution in [3.63, 3.8) is 0 Å². The van der Waals surface area contributed by atoms with E-state index in [1.807, 2.05) is 0 Å². The number of benzene rings is 1. The van der Waals surface area contributed by atoms with Gasteiger partial charge in [-0.2, -0.15) is 0 Å². The topological polar surface area (TPSA) is 15.3 Å². The average Bonchev–Trinajstić information content (AvgIpc) is 2.62. The van der Waals surface area contributed by atoms with E-state index in [1.165, 1.54) is 51.9 Å². The molecular weight excluding hydrogens is 208 g/mol. The third-order valence-corrected chi connectivity index (χ3v) is 4.28. The van der Waals surface area contributed by atoms with Crippen molar-refractivity contribution in [2.24, 2.45) is 0 Å². The zero-order valence-electron chi connectivity index (χ0n) is 10.5. The lowest BCUT2D eigenvalue weighted by atomic mass is 10.0. The fourth-order valence-electron chi connectivity index (χ4n) is 3.22. The molecule has 1 saturated heterocycles. The van der Waals surface area contributed by atoms with Crippen molar-refractivity contribution in [3.8, 4) is 0 Å². The fraction of sp³-hybridized carbons (Fsp3) is 0.600. The maximum atomic E-state index is 3.46. The predicted octanol–water partition coefficient (Wildman–Crippen LogP) is 1.84. The van der Waals surface area contributed by atoms with E-state index in [0.29, 0.717) is 0 Å². The predicted molar refractivity (Wildman–Crippen MR) is 71.3 cm³/mol. The second-order valence-corrected chi connectivity index (χ2v) is 5.29. The molecule has 0 unspecified atom stereocenters. The lowest BCUT2D eigenvalue weighted by molar-refractivity contribution is 0.169. The summed E-state index contributed by atoms with van der Waals surface area (Å²) < 4.78 is 0. The molecule has 0 bridgehead atoms. The molecule has 1 aromatic carbocycles. The van der Waals surface area contributed by atoms with Crippen LogP contribution in [0.1, 0.15) is 24.0 Å². The zero-order valence-corrected chi connectivity index (χ0v) is 10.5. The number of nitrogens with zero attached hydrogens (tertiary/aromatic N) is 1. The molecule has 2 nitrogen and oxygen atoms in total. The van der Waals surface area contributed by atoms with Gasteiger partial charge in [-0.15, -0.1) is 0 Å². The molecule has 1 N–H and O–H groups in total. The highest BCUT2D eigenvalue weighted by Crippen LogP contribution is 2.19. The molecule has 0 aromatic heterocycles. The van der Waals surface area contributed by atoms with Crippen molar-refractivity contribution in [2.45, 2.75) is 31.7 Å². The van der Waals surface area contributed by atoms with Gasteiger partial charge < -0.3 is 5.32 Å². The number of piperidine rings is 1. The minimum absolute atomic E-state index is 0.825. The van der Waals surface area contributed by atoms with Crippen molar-refractivity contribution in [1.82, 2.24) is 10.2 Å². The Morgan fingerprint density at radius 1 is 0.941 bits per heavy atom. The van der Waals surface area contributed by atoms with E-state index in [2.05, 4.69) is 34.5 Å². The first-order chi connectivity index (χ1) is 8.43. The van der Waals surface area contributed by atoms with Crippen LogP contribution >= 0.6 is 0 Å². The molecule has 2 heterocycles. The van der Waals surface area contributed by atoms with Crippen LogP contribution in [0.5, 0.6) is 0 Å². The summed E-state index contributed by atoms with van der Waals surface area (Å²) in [6, 6.07) is 9.80. The van der Waals surface area contributed by atoms with E-state index in [0.717, 1.165) is 6.04 Å². The normalized spacial score (nSPS) is 23.1. The summed E-state index contributed by atoms with van der Waals surface area (Å²) in [5.41, 5.74) is 3.15. The van der Waals surface area contributed by atoms with Crippen LogP contribution in [0, 0.1) is 0 Å². The molecule has 2 aliphatic rings. The quantitative estimate of drug-likeness (QED) is 0.792. The molecule has 0 amide bonds. The average molecular weight is 230 g/mol. The van der Waals surface area contributed by atoms with Crippen LogP contribution in [0.4, 0.5) is 0 Å². The van der Waals surface area contributed by atoms with Crippen molar-refractivity contribution in [3.05, 3.63) is 35.4 Å². The van der Waals surface area contributed by atoms with Crippen molar-refractivity contribution >= 4 is 0 Å². The van der Waals surface area contributed by atoms with Gasteiger partial charge >= 0.3 is 0 Å².